The first-order valence-corrected chi connectivity index (χ1v) is 6.52. The van der Waals surface area contributed by atoms with Crippen molar-refractivity contribution < 1.29 is 8.78 Å². The fourth-order valence-electron chi connectivity index (χ4n) is 2.28. The lowest BCUT2D eigenvalue weighted by molar-refractivity contribution is 0.584. The molecule has 1 unspecified atom stereocenters. The smallest absolute Gasteiger partial charge is 0.126 e. The molecule has 3 nitrogen and oxygen atoms in total. The van der Waals surface area contributed by atoms with E-state index < -0.39 is 11.6 Å². The Labute approximate surface area is 120 Å². The van der Waals surface area contributed by atoms with Crippen molar-refractivity contribution in [3.8, 4) is 11.3 Å². The summed E-state index contributed by atoms with van der Waals surface area (Å²) in [6.45, 7) is 1.80. The molecule has 2 aromatic heterocycles. The SMILES string of the molecule is CC(N)c1cc2ncccc2nc1-c1cc(F)cc(F)c1. The van der Waals surface area contributed by atoms with E-state index in [4.69, 9.17) is 5.73 Å². The zero-order valence-electron chi connectivity index (χ0n) is 11.3. The van der Waals surface area contributed by atoms with Gasteiger partial charge >= 0.3 is 0 Å². The van der Waals surface area contributed by atoms with E-state index >= 15 is 0 Å². The summed E-state index contributed by atoms with van der Waals surface area (Å²) in [5.74, 6) is -1.29. The summed E-state index contributed by atoms with van der Waals surface area (Å²) in [7, 11) is 0. The summed E-state index contributed by atoms with van der Waals surface area (Å²) in [6, 6.07) is 8.37. The van der Waals surface area contributed by atoms with Crippen molar-refractivity contribution in [2.45, 2.75) is 13.0 Å². The number of nitrogens with zero attached hydrogens (tertiary/aromatic N) is 2. The third-order valence-corrected chi connectivity index (χ3v) is 3.24. The third-order valence-electron chi connectivity index (χ3n) is 3.24. The average molecular weight is 285 g/mol. The normalized spacial score (nSPS) is 12.6. The molecule has 0 saturated carbocycles. The Bertz CT molecular complexity index is 795. The number of hydrogen-bond donors (Lipinski definition) is 1. The van der Waals surface area contributed by atoms with Gasteiger partial charge in [0.1, 0.15) is 11.6 Å². The van der Waals surface area contributed by atoms with Gasteiger partial charge in [-0.15, -0.1) is 0 Å². The highest BCUT2D eigenvalue weighted by Crippen LogP contribution is 2.29. The van der Waals surface area contributed by atoms with Crippen LogP contribution >= 0.6 is 0 Å². The van der Waals surface area contributed by atoms with E-state index in [1.165, 1.54) is 12.1 Å². The Morgan fingerprint density at radius 3 is 2.43 bits per heavy atom. The molecule has 0 saturated heterocycles. The average Bonchev–Trinajstić information content (AvgIpc) is 2.44. The molecule has 0 aliphatic heterocycles. The predicted octanol–water partition coefficient (Wildman–Crippen LogP) is 3.59. The van der Waals surface area contributed by atoms with Gasteiger partial charge in [-0.25, -0.2) is 13.8 Å². The van der Waals surface area contributed by atoms with E-state index in [9.17, 15) is 8.78 Å². The van der Waals surface area contributed by atoms with Crippen LogP contribution < -0.4 is 5.73 Å². The van der Waals surface area contributed by atoms with E-state index in [0.29, 0.717) is 27.9 Å². The lowest BCUT2D eigenvalue weighted by Gasteiger charge is -2.13. The molecule has 0 bridgehead atoms. The highest BCUT2D eigenvalue weighted by molar-refractivity contribution is 5.80. The quantitative estimate of drug-likeness (QED) is 0.782. The summed E-state index contributed by atoms with van der Waals surface area (Å²) >= 11 is 0. The van der Waals surface area contributed by atoms with Crippen molar-refractivity contribution in [1.29, 1.82) is 0 Å². The molecule has 5 heteroatoms. The number of rotatable bonds is 2. The second kappa shape index (κ2) is 5.18. The topological polar surface area (TPSA) is 51.8 Å². The van der Waals surface area contributed by atoms with Gasteiger partial charge in [0.2, 0.25) is 0 Å². The van der Waals surface area contributed by atoms with E-state index in [-0.39, 0.29) is 6.04 Å². The third kappa shape index (κ3) is 2.60. The molecule has 0 amide bonds. The molecule has 106 valence electrons. The summed E-state index contributed by atoms with van der Waals surface area (Å²) in [5.41, 5.74) is 8.86. The van der Waals surface area contributed by atoms with Crippen LogP contribution in [0.5, 0.6) is 0 Å². The van der Waals surface area contributed by atoms with Gasteiger partial charge in [-0.3, -0.25) is 4.98 Å². The number of hydrogen-bond acceptors (Lipinski definition) is 3. The fourth-order valence-corrected chi connectivity index (χ4v) is 2.28. The van der Waals surface area contributed by atoms with Gasteiger partial charge < -0.3 is 5.73 Å². The zero-order chi connectivity index (χ0) is 15.0. The summed E-state index contributed by atoms with van der Waals surface area (Å²) in [6.07, 6.45) is 1.66. The highest BCUT2D eigenvalue weighted by atomic mass is 19.1. The van der Waals surface area contributed by atoms with Gasteiger partial charge in [-0.05, 0) is 42.8 Å². The zero-order valence-corrected chi connectivity index (χ0v) is 11.3. The van der Waals surface area contributed by atoms with Gasteiger partial charge in [0.25, 0.3) is 0 Å². The van der Waals surface area contributed by atoms with Crippen molar-refractivity contribution >= 4 is 11.0 Å². The summed E-state index contributed by atoms with van der Waals surface area (Å²) in [5, 5.41) is 0. The van der Waals surface area contributed by atoms with Crippen LogP contribution in [0.1, 0.15) is 18.5 Å². The molecule has 0 aliphatic carbocycles. The number of benzene rings is 1. The maximum atomic E-state index is 13.4. The molecule has 2 N–H and O–H groups in total. The lowest BCUT2D eigenvalue weighted by Crippen LogP contribution is -2.08. The minimum atomic E-state index is -0.645. The Morgan fingerprint density at radius 1 is 1.05 bits per heavy atom. The summed E-state index contributed by atoms with van der Waals surface area (Å²) < 4.78 is 26.9. The van der Waals surface area contributed by atoms with Crippen molar-refractivity contribution in [2.75, 3.05) is 0 Å². The van der Waals surface area contributed by atoms with Crippen LogP contribution in [0.3, 0.4) is 0 Å². The van der Waals surface area contributed by atoms with E-state index in [2.05, 4.69) is 9.97 Å². The number of nitrogens with two attached hydrogens (primary N) is 1. The molecule has 1 aromatic carbocycles. The second-order valence-electron chi connectivity index (χ2n) is 4.91. The van der Waals surface area contributed by atoms with Crippen LogP contribution in [0.25, 0.3) is 22.3 Å². The van der Waals surface area contributed by atoms with Gasteiger partial charge in [0, 0.05) is 23.9 Å². The molecule has 21 heavy (non-hydrogen) atoms. The van der Waals surface area contributed by atoms with E-state index in [1.54, 1.807) is 25.3 Å². The van der Waals surface area contributed by atoms with Gasteiger partial charge in [0.15, 0.2) is 0 Å². The molecule has 0 radical (unpaired) electrons. The van der Waals surface area contributed by atoms with Gasteiger partial charge in [-0.2, -0.15) is 0 Å². The van der Waals surface area contributed by atoms with Crippen LogP contribution in [-0.4, -0.2) is 9.97 Å². The molecule has 0 aliphatic rings. The highest BCUT2D eigenvalue weighted by Gasteiger charge is 2.14. The van der Waals surface area contributed by atoms with Crippen molar-refractivity contribution in [3.63, 3.8) is 0 Å². The number of halogens is 2. The Hall–Kier alpha value is -2.40. The van der Waals surface area contributed by atoms with Crippen LogP contribution in [0.15, 0.2) is 42.6 Å². The monoisotopic (exact) mass is 285 g/mol. The molecule has 0 spiro atoms. The van der Waals surface area contributed by atoms with Gasteiger partial charge in [-0.1, -0.05) is 0 Å². The molecule has 0 fully saturated rings. The largest absolute Gasteiger partial charge is 0.324 e. The number of fused-ring (bicyclic) bond motifs is 1. The standard InChI is InChI=1S/C16H13F2N3/c1-9(19)13-8-15-14(3-2-4-20-15)21-16(13)10-5-11(17)7-12(18)6-10/h2-9H,19H2,1H3. The second-order valence-corrected chi connectivity index (χ2v) is 4.91. The van der Waals surface area contributed by atoms with E-state index in [1.807, 2.05) is 6.07 Å². The predicted molar refractivity (Wildman–Crippen MR) is 77.5 cm³/mol. The molecule has 1 atom stereocenters. The van der Waals surface area contributed by atoms with Crippen molar-refractivity contribution in [3.05, 3.63) is 59.8 Å². The van der Waals surface area contributed by atoms with E-state index in [0.717, 1.165) is 6.07 Å². The fraction of sp³-hybridized carbons (Fsp3) is 0.125. The first-order chi connectivity index (χ1) is 10.0. The first kappa shape index (κ1) is 13.6. The van der Waals surface area contributed by atoms with Crippen molar-refractivity contribution in [1.82, 2.24) is 9.97 Å². The molecular formula is C16H13F2N3. The summed E-state index contributed by atoms with van der Waals surface area (Å²) in [4.78, 5) is 8.70. The Kier molecular flexibility index (Phi) is 3.35. The molecule has 2 heterocycles. The van der Waals surface area contributed by atoms with Crippen LogP contribution in [0, 0.1) is 11.6 Å². The van der Waals surface area contributed by atoms with Crippen LogP contribution in [0.4, 0.5) is 8.78 Å². The molecule has 3 aromatic rings. The minimum absolute atomic E-state index is 0.328. The lowest BCUT2D eigenvalue weighted by atomic mass is 10.00. The molecule has 3 rings (SSSR count). The maximum absolute atomic E-state index is 13.4. The Morgan fingerprint density at radius 2 is 1.76 bits per heavy atom. The minimum Gasteiger partial charge on any atom is -0.324 e. The van der Waals surface area contributed by atoms with Crippen LogP contribution in [0.2, 0.25) is 0 Å². The maximum Gasteiger partial charge on any atom is 0.126 e. The Balaban J connectivity index is 2.31. The van der Waals surface area contributed by atoms with Crippen molar-refractivity contribution in [2.24, 2.45) is 5.73 Å². The van der Waals surface area contributed by atoms with Crippen LogP contribution in [-0.2, 0) is 0 Å². The van der Waals surface area contributed by atoms with Gasteiger partial charge in [0.05, 0.1) is 16.7 Å². The first-order valence-electron chi connectivity index (χ1n) is 6.52. The number of pyridine rings is 2. The molecular weight excluding hydrogens is 272 g/mol. The number of aromatic nitrogens is 2.